The molecule has 0 saturated heterocycles. The average molecular weight is 519 g/mol. The number of anilines is 2. The lowest BCUT2D eigenvalue weighted by Crippen LogP contribution is -2.38. The van der Waals surface area contributed by atoms with Crippen LogP contribution in [0, 0.1) is 18.6 Å². The van der Waals surface area contributed by atoms with E-state index in [0.717, 1.165) is 29.8 Å². The molecule has 3 rings (SSSR count). The number of carbonyl (C=O) groups excluding carboxylic acids is 1. The lowest BCUT2D eigenvalue weighted by molar-refractivity contribution is -0.137. The van der Waals surface area contributed by atoms with Crippen molar-refractivity contribution in [2.75, 3.05) is 16.2 Å². The number of hydrogen-bond acceptors (Lipinski definition) is 3. The van der Waals surface area contributed by atoms with Gasteiger partial charge in [0, 0.05) is 6.07 Å². The van der Waals surface area contributed by atoms with Crippen molar-refractivity contribution in [3.05, 3.63) is 88.4 Å². The molecule has 0 heterocycles. The molecule has 1 N–H and O–H groups in total. The Kier molecular flexibility index (Phi) is 7.18. The number of aryl methyl sites for hydroxylation is 1. The van der Waals surface area contributed by atoms with Crippen molar-refractivity contribution in [1.29, 1.82) is 0 Å². The molecular formula is C22H16ClF5N2O3S. The van der Waals surface area contributed by atoms with Crippen molar-refractivity contribution in [3.63, 3.8) is 0 Å². The van der Waals surface area contributed by atoms with E-state index in [1.165, 1.54) is 24.3 Å². The van der Waals surface area contributed by atoms with Gasteiger partial charge in [-0.15, -0.1) is 0 Å². The van der Waals surface area contributed by atoms with Gasteiger partial charge in [-0.3, -0.25) is 9.10 Å². The molecule has 0 radical (unpaired) electrons. The van der Waals surface area contributed by atoms with Gasteiger partial charge in [-0.25, -0.2) is 17.2 Å². The number of carbonyl (C=O) groups is 1. The van der Waals surface area contributed by atoms with Crippen molar-refractivity contribution < 1.29 is 35.2 Å². The number of halogens is 6. The fraction of sp³-hybridized carbons (Fsp3) is 0.136. The normalized spacial score (nSPS) is 11.9. The summed E-state index contributed by atoms with van der Waals surface area (Å²) in [5.41, 5.74) is -1.51. The molecule has 0 bridgehead atoms. The summed E-state index contributed by atoms with van der Waals surface area (Å²) >= 11 is 5.64. The highest BCUT2D eigenvalue weighted by atomic mass is 35.5. The molecule has 0 aromatic heterocycles. The van der Waals surface area contributed by atoms with Gasteiger partial charge in [0.2, 0.25) is 5.91 Å². The quantitative estimate of drug-likeness (QED) is 0.421. The number of benzene rings is 3. The van der Waals surface area contributed by atoms with Crippen molar-refractivity contribution in [2.24, 2.45) is 0 Å². The van der Waals surface area contributed by atoms with Crippen LogP contribution in [-0.4, -0.2) is 20.9 Å². The summed E-state index contributed by atoms with van der Waals surface area (Å²) in [6.45, 7) is 0.694. The van der Waals surface area contributed by atoms with E-state index in [0.29, 0.717) is 16.4 Å². The second-order valence-corrected chi connectivity index (χ2v) is 9.43. The molecule has 3 aromatic rings. The summed E-state index contributed by atoms with van der Waals surface area (Å²) in [4.78, 5) is 12.3. The first-order valence-corrected chi connectivity index (χ1v) is 11.3. The van der Waals surface area contributed by atoms with E-state index in [2.05, 4.69) is 5.32 Å². The van der Waals surface area contributed by atoms with E-state index in [1.54, 1.807) is 6.92 Å². The predicted molar refractivity (Wildman–Crippen MR) is 117 cm³/mol. The number of hydrogen-bond donors (Lipinski definition) is 1. The number of sulfonamides is 1. The molecule has 0 aliphatic heterocycles. The lowest BCUT2D eigenvalue weighted by Gasteiger charge is -2.25. The minimum absolute atomic E-state index is 0.289. The van der Waals surface area contributed by atoms with Crippen LogP contribution in [0.1, 0.15) is 11.1 Å². The summed E-state index contributed by atoms with van der Waals surface area (Å²) < 4.78 is 94.2. The Morgan fingerprint density at radius 1 is 1.00 bits per heavy atom. The smallest absolute Gasteiger partial charge is 0.322 e. The van der Waals surface area contributed by atoms with Crippen LogP contribution in [0.5, 0.6) is 0 Å². The molecule has 5 nitrogen and oxygen atoms in total. The fourth-order valence-electron chi connectivity index (χ4n) is 2.95. The summed E-state index contributed by atoms with van der Waals surface area (Å²) in [5, 5.41) is 1.43. The molecule has 12 heteroatoms. The van der Waals surface area contributed by atoms with E-state index in [-0.39, 0.29) is 4.90 Å². The van der Waals surface area contributed by atoms with Gasteiger partial charge in [0.05, 0.1) is 26.9 Å². The number of amides is 1. The molecule has 0 atom stereocenters. The third-order valence-corrected chi connectivity index (χ3v) is 6.76. The first-order valence-electron chi connectivity index (χ1n) is 9.50. The minimum Gasteiger partial charge on any atom is -0.322 e. The first-order chi connectivity index (χ1) is 15.8. The van der Waals surface area contributed by atoms with E-state index in [1.807, 2.05) is 0 Å². The standard InChI is InChI=1S/C22H16ClF5N2O3S/c1-13-2-6-16(7-3-13)34(32,33)30(15-5-8-18(23)17(11-15)22(26,27)28)12-21(31)29-20-9-4-14(24)10-19(20)25/h2-11H,12H2,1H3,(H,29,31). The lowest BCUT2D eigenvalue weighted by atomic mass is 10.2. The molecule has 0 aliphatic carbocycles. The SMILES string of the molecule is Cc1ccc(S(=O)(=O)N(CC(=O)Nc2ccc(F)cc2F)c2ccc(Cl)c(C(F)(F)F)c2)cc1. The van der Waals surface area contributed by atoms with E-state index in [9.17, 15) is 35.2 Å². The van der Waals surface area contributed by atoms with Gasteiger partial charge in [0.1, 0.15) is 18.2 Å². The van der Waals surface area contributed by atoms with Crippen molar-refractivity contribution in [3.8, 4) is 0 Å². The Balaban J connectivity index is 2.05. The summed E-state index contributed by atoms with van der Waals surface area (Å²) in [7, 11) is -4.54. The van der Waals surface area contributed by atoms with Crippen LogP contribution in [0.4, 0.5) is 33.3 Å². The summed E-state index contributed by atoms with van der Waals surface area (Å²) in [6, 6.07) is 10.1. The second-order valence-electron chi connectivity index (χ2n) is 7.16. The summed E-state index contributed by atoms with van der Waals surface area (Å²) in [6.07, 6.45) is -4.90. The molecule has 34 heavy (non-hydrogen) atoms. The van der Waals surface area contributed by atoms with Gasteiger partial charge < -0.3 is 5.32 Å². The molecule has 1 amide bonds. The number of rotatable bonds is 6. The number of nitrogens with one attached hydrogen (secondary N) is 1. The maximum atomic E-state index is 13.9. The molecular weight excluding hydrogens is 503 g/mol. The van der Waals surface area contributed by atoms with Crippen LogP contribution >= 0.6 is 11.6 Å². The van der Waals surface area contributed by atoms with Gasteiger partial charge in [-0.2, -0.15) is 13.2 Å². The maximum absolute atomic E-state index is 13.9. The third-order valence-electron chi connectivity index (χ3n) is 4.64. The van der Waals surface area contributed by atoms with Gasteiger partial charge in [0.15, 0.2) is 0 Å². The van der Waals surface area contributed by atoms with Gasteiger partial charge in [0.25, 0.3) is 10.0 Å². The third kappa shape index (κ3) is 5.65. The minimum atomic E-state index is -4.90. The Morgan fingerprint density at radius 2 is 1.65 bits per heavy atom. The Bertz CT molecular complexity index is 1330. The van der Waals surface area contributed by atoms with Crippen LogP contribution in [0.15, 0.2) is 65.6 Å². The highest BCUT2D eigenvalue weighted by Crippen LogP contribution is 2.38. The maximum Gasteiger partial charge on any atom is 0.417 e. The van der Waals surface area contributed by atoms with Crippen LogP contribution in [0.3, 0.4) is 0 Å². The van der Waals surface area contributed by atoms with Crippen molar-refractivity contribution in [1.82, 2.24) is 0 Å². The molecule has 0 spiro atoms. The molecule has 3 aromatic carbocycles. The zero-order valence-electron chi connectivity index (χ0n) is 17.3. The zero-order chi connectivity index (χ0) is 25.3. The molecule has 0 saturated carbocycles. The Labute approximate surface area is 196 Å². The van der Waals surface area contributed by atoms with Gasteiger partial charge in [-0.05, 0) is 49.4 Å². The highest BCUT2D eigenvalue weighted by molar-refractivity contribution is 7.92. The van der Waals surface area contributed by atoms with Crippen LogP contribution in [0.25, 0.3) is 0 Å². The highest BCUT2D eigenvalue weighted by Gasteiger charge is 2.35. The van der Waals surface area contributed by atoms with Crippen LogP contribution in [-0.2, 0) is 21.0 Å². The van der Waals surface area contributed by atoms with Gasteiger partial charge in [-0.1, -0.05) is 29.3 Å². The topological polar surface area (TPSA) is 66.5 Å². The van der Waals surface area contributed by atoms with E-state index >= 15 is 0 Å². The predicted octanol–water partition coefficient (Wildman–Crippen LogP) is 5.78. The Hall–Kier alpha value is -3.18. The van der Waals surface area contributed by atoms with Gasteiger partial charge >= 0.3 is 6.18 Å². The second kappa shape index (κ2) is 9.59. The summed E-state index contributed by atoms with van der Waals surface area (Å²) in [5.74, 6) is -3.10. The number of alkyl halides is 3. The molecule has 180 valence electrons. The molecule has 0 unspecified atom stereocenters. The van der Waals surface area contributed by atoms with Crippen molar-refractivity contribution in [2.45, 2.75) is 18.0 Å². The number of nitrogens with zero attached hydrogens (tertiary/aromatic N) is 1. The molecule has 0 fully saturated rings. The average Bonchev–Trinajstić information content (AvgIpc) is 2.74. The fourth-order valence-corrected chi connectivity index (χ4v) is 4.59. The Morgan fingerprint density at radius 3 is 2.24 bits per heavy atom. The van der Waals surface area contributed by atoms with Crippen LogP contribution < -0.4 is 9.62 Å². The van der Waals surface area contributed by atoms with Crippen LogP contribution in [0.2, 0.25) is 5.02 Å². The van der Waals surface area contributed by atoms with Crippen molar-refractivity contribution >= 4 is 38.9 Å². The largest absolute Gasteiger partial charge is 0.417 e. The first kappa shape index (κ1) is 25.4. The zero-order valence-corrected chi connectivity index (χ0v) is 18.9. The molecule has 0 aliphatic rings. The van der Waals surface area contributed by atoms with E-state index in [4.69, 9.17) is 11.6 Å². The monoisotopic (exact) mass is 518 g/mol. The van der Waals surface area contributed by atoms with E-state index < -0.39 is 62.2 Å².